The second-order valence-electron chi connectivity index (χ2n) is 7.51. The summed E-state index contributed by atoms with van der Waals surface area (Å²) < 4.78 is 25.4. The molecule has 0 unspecified atom stereocenters. The first-order valence-corrected chi connectivity index (χ1v) is 10.8. The molecular formula is C25H24ClFN2O3. The van der Waals surface area contributed by atoms with Crippen LogP contribution in [-0.4, -0.2) is 44.1 Å². The van der Waals surface area contributed by atoms with E-state index in [9.17, 15) is 9.18 Å². The summed E-state index contributed by atoms with van der Waals surface area (Å²) in [5.41, 5.74) is 2.08. The van der Waals surface area contributed by atoms with E-state index in [0.717, 1.165) is 5.56 Å². The van der Waals surface area contributed by atoms with Crippen LogP contribution in [0, 0.1) is 5.82 Å². The zero-order valence-corrected chi connectivity index (χ0v) is 18.5. The minimum absolute atomic E-state index is 0.0827. The summed E-state index contributed by atoms with van der Waals surface area (Å²) in [6.45, 7) is 2.55. The maximum atomic E-state index is 14.1. The number of anilines is 1. The fourth-order valence-electron chi connectivity index (χ4n) is 3.70. The quantitative estimate of drug-likeness (QED) is 0.524. The highest BCUT2D eigenvalue weighted by Crippen LogP contribution is 2.30. The molecule has 1 aliphatic rings. The number of para-hydroxylation sites is 1. The number of rotatable bonds is 6. The Morgan fingerprint density at radius 3 is 2.38 bits per heavy atom. The molecule has 0 aromatic heterocycles. The first kappa shape index (κ1) is 22.0. The van der Waals surface area contributed by atoms with Crippen molar-refractivity contribution < 1.29 is 18.7 Å². The Morgan fingerprint density at radius 1 is 0.969 bits per heavy atom. The third kappa shape index (κ3) is 4.97. The summed E-state index contributed by atoms with van der Waals surface area (Å²) in [5.74, 6) is 0.727. The SMILES string of the molecule is COc1cc(C(=O)N2CCN(c3ccccc3F)CC2)ccc1OCc1ccc(Cl)cc1. The van der Waals surface area contributed by atoms with E-state index in [4.69, 9.17) is 21.1 Å². The highest BCUT2D eigenvalue weighted by Gasteiger charge is 2.24. The van der Waals surface area contributed by atoms with Gasteiger partial charge >= 0.3 is 0 Å². The monoisotopic (exact) mass is 454 g/mol. The molecule has 0 saturated carbocycles. The molecule has 4 rings (SSSR count). The van der Waals surface area contributed by atoms with E-state index in [1.165, 1.54) is 6.07 Å². The highest BCUT2D eigenvalue weighted by atomic mass is 35.5. The second kappa shape index (κ2) is 9.92. The third-order valence-electron chi connectivity index (χ3n) is 5.48. The molecule has 32 heavy (non-hydrogen) atoms. The van der Waals surface area contributed by atoms with E-state index in [-0.39, 0.29) is 11.7 Å². The van der Waals surface area contributed by atoms with Crippen molar-refractivity contribution in [1.82, 2.24) is 4.90 Å². The van der Waals surface area contributed by atoms with Crippen LogP contribution in [0.2, 0.25) is 5.02 Å². The predicted molar refractivity (Wildman–Crippen MR) is 123 cm³/mol. The molecule has 0 bridgehead atoms. The lowest BCUT2D eigenvalue weighted by atomic mass is 10.1. The Hall–Kier alpha value is -3.25. The normalized spacial score (nSPS) is 13.7. The molecule has 0 aliphatic carbocycles. The molecule has 1 amide bonds. The van der Waals surface area contributed by atoms with Gasteiger partial charge in [0.2, 0.25) is 0 Å². The lowest BCUT2D eigenvalue weighted by Crippen LogP contribution is -2.49. The van der Waals surface area contributed by atoms with Gasteiger partial charge in [0, 0.05) is 36.8 Å². The van der Waals surface area contributed by atoms with Gasteiger partial charge in [0.05, 0.1) is 12.8 Å². The fraction of sp³-hybridized carbons (Fsp3) is 0.240. The number of benzene rings is 3. The molecule has 0 spiro atoms. The van der Waals surface area contributed by atoms with E-state index < -0.39 is 0 Å². The number of piperazine rings is 1. The number of carbonyl (C=O) groups excluding carboxylic acids is 1. The van der Waals surface area contributed by atoms with E-state index in [0.29, 0.717) is 60.6 Å². The average molecular weight is 455 g/mol. The summed E-state index contributed by atoms with van der Waals surface area (Å²) >= 11 is 5.92. The van der Waals surface area contributed by atoms with Crippen molar-refractivity contribution in [2.75, 3.05) is 38.2 Å². The number of halogens is 2. The molecule has 5 nitrogen and oxygen atoms in total. The topological polar surface area (TPSA) is 42.0 Å². The molecule has 1 saturated heterocycles. The van der Waals surface area contributed by atoms with Crippen LogP contribution in [0.25, 0.3) is 0 Å². The van der Waals surface area contributed by atoms with Crippen LogP contribution < -0.4 is 14.4 Å². The highest BCUT2D eigenvalue weighted by molar-refractivity contribution is 6.30. The molecule has 3 aromatic carbocycles. The van der Waals surface area contributed by atoms with Crippen LogP contribution in [-0.2, 0) is 6.61 Å². The van der Waals surface area contributed by atoms with E-state index in [2.05, 4.69) is 0 Å². The Balaban J connectivity index is 1.39. The van der Waals surface area contributed by atoms with Gasteiger partial charge in [-0.2, -0.15) is 0 Å². The van der Waals surface area contributed by atoms with E-state index in [1.807, 2.05) is 35.2 Å². The van der Waals surface area contributed by atoms with Crippen molar-refractivity contribution >= 4 is 23.2 Å². The molecule has 166 valence electrons. The maximum absolute atomic E-state index is 14.1. The zero-order chi connectivity index (χ0) is 22.5. The molecule has 3 aromatic rings. The van der Waals surface area contributed by atoms with Crippen LogP contribution in [0.3, 0.4) is 0 Å². The molecule has 1 fully saturated rings. The standard InChI is InChI=1S/C25H24ClFN2O3/c1-31-24-16-19(8-11-23(24)32-17-18-6-9-20(26)10-7-18)25(30)29-14-12-28(13-15-29)22-5-3-2-4-21(22)27/h2-11,16H,12-15,17H2,1H3. The zero-order valence-electron chi connectivity index (χ0n) is 17.8. The van der Waals surface area contributed by atoms with Gasteiger partial charge in [-0.3, -0.25) is 4.79 Å². The average Bonchev–Trinajstić information content (AvgIpc) is 2.83. The minimum Gasteiger partial charge on any atom is -0.493 e. The fourth-order valence-corrected chi connectivity index (χ4v) is 3.83. The van der Waals surface area contributed by atoms with Gasteiger partial charge in [0.1, 0.15) is 12.4 Å². The molecule has 0 radical (unpaired) electrons. The van der Waals surface area contributed by atoms with Gasteiger partial charge in [-0.1, -0.05) is 35.9 Å². The number of methoxy groups -OCH3 is 1. The molecule has 1 heterocycles. The number of hydrogen-bond acceptors (Lipinski definition) is 4. The molecule has 0 N–H and O–H groups in total. The van der Waals surface area contributed by atoms with E-state index >= 15 is 0 Å². The van der Waals surface area contributed by atoms with Gasteiger partial charge in [-0.25, -0.2) is 4.39 Å². The largest absolute Gasteiger partial charge is 0.493 e. The number of hydrogen-bond donors (Lipinski definition) is 0. The summed E-state index contributed by atoms with van der Waals surface area (Å²) in [4.78, 5) is 16.8. The van der Waals surface area contributed by atoms with Crippen molar-refractivity contribution in [2.24, 2.45) is 0 Å². The van der Waals surface area contributed by atoms with Gasteiger partial charge < -0.3 is 19.3 Å². The summed E-state index contributed by atoms with van der Waals surface area (Å²) in [7, 11) is 1.55. The lowest BCUT2D eigenvalue weighted by molar-refractivity contribution is 0.0746. The van der Waals surface area contributed by atoms with Crippen LogP contribution in [0.1, 0.15) is 15.9 Å². The molecule has 0 atom stereocenters. The summed E-state index contributed by atoms with van der Waals surface area (Å²) in [5, 5.41) is 0.670. The van der Waals surface area contributed by atoms with Crippen LogP contribution in [0.4, 0.5) is 10.1 Å². The minimum atomic E-state index is -0.244. The summed E-state index contributed by atoms with van der Waals surface area (Å²) in [6.07, 6.45) is 0. The van der Waals surface area contributed by atoms with Crippen molar-refractivity contribution in [1.29, 1.82) is 0 Å². The number of carbonyl (C=O) groups is 1. The Bertz CT molecular complexity index is 1080. The first-order chi connectivity index (χ1) is 15.5. The van der Waals surface area contributed by atoms with Gasteiger partial charge in [0.25, 0.3) is 5.91 Å². The smallest absolute Gasteiger partial charge is 0.254 e. The van der Waals surface area contributed by atoms with Gasteiger partial charge in [-0.15, -0.1) is 0 Å². The Labute approximate surface area is 191 Å². The molecule has 7 heteroatoms. The van der Waals surface area contributed by atoms with Crippen molar-refractivity contribution in [3.05, 3.63) is 88.7 Å². The van der Waals surface area contributed by atoms with Crippen LogP contribution in [0.5, 0.6) is 11.5 Å². The number of nitrogens with zero attached hydrogens (tertiary/aromatic N) is 2. The van der Waals surface area contributed by atoms with Gasteiger partial charge in [0.15, 0.2) is 11.5 Å². The van der Waals surface area contributed by atoms with Crippen molar-refractivity contribution in [3.8, 4) is 11.5 Å². The van der Waals surface area contributed by atoms with Gasteiger partial charge in [-0.05, 0) is 48.0 Å². The molecular weight excluding hydrogens is 431 g/mol. The van der Waals surface area contributed by atoms with E-state index in [1.54, 1.807) is 42.3 Å². The first-order valence-electron chi connectivity index (χ1n) is 10.4. The predicted octanol–water partition coefficient (Wildman–Crippen LogP) is 5.03. The van der Waals surface area contributed by atoms with Crippen molar-refractivity contribution in [3.63, 3.8) is 0 Å². The van der Waals surface area contributed by atoms with Crippen LogP contribution in [0.15, 0.2) is 66.7 Å². The number of ether oxygens (including phenoxy) is 2. The Morgan fingerprint density at radius 2 is 1.69 bits per heavy atom. The Kier molecular flexibility index (Phi) is 6.81. The van der Waals surface area contributed by atoms with Crippen LogP contribution >= 0.6 is 11.6 Å². The third-order valence-corrected chi connectivity index (χ3v) is 5.73. The number of amides is 1. The molecule has 1 aliphatic heterocycles. The van der Waals surface area contributed by atoms with Crippen molar-refractivity contribution in [2.45, 2.75) is 6.61 Å². The summed E-state index contributed by atoms with van der Waals surface area (Å²) in [6, 6.07) is 19.3. The second-order valence-corrected chi connectivity index (χ2v) is 7.95. The lowest BCUT2D eigenvalue weighted by Gasteiger charge is -2.36. The maximum Gasteiger partial charge on any atom is 0.254 e.